The summed E-state index contributed by atoms with van der Waals surface area (Å²) in [5.41, 5.74) is 6.80. The van der Waals surface area contributed by atoms with Gasteiger partial charge in [-0.1, -0.05) is 39.3 Å². The van der Waals surface area contributed by atoms with Crippen LogP contribution in [0.15, 0.2) is 61.2 Å². The number of ether oxygens (including phenoxy) is 4. The lowest BCUT2D eigenvalue weighted by Gasteiger charge is -2.15. The van der Waals surface area contributed by atoms with Gasteiger partial charge in [0.1, 0.15) is 64.3 Å². The summed E-state index contributed by atoms with van der Waals surface area (Å²) < 4.78 is 29.4. The Balaban J connectivity index is 0.000000189. The predicted molar refractivity (Wildman–Crippen MR) is 248 cm³/mol. The monoisotopic (exact) mass is 890 g/mol. The van der Waals surface area contributed by atoms with Crippen molar-refractivity contribution in [2.24, 2.45) is 14.1 Å². The van der Waals surface area contributed by atoms with Gasteiger partial charge in [-0.3, -0.25) is 14.2 Å². The molecule has 0 spiro atoms. The van der Waals surface area contributed by atoms with Crippen LogP contribution in [0.25, 0.3) is 66.9 Å². The molecule has 1 N–H and O–H groups in total. The lowest BCUT2D eigenvalue weighted by molar-refractivity contribution is 0.0695. The number of carboxylic acids is 1. The fourth-order valence-corrected chi connectivity index (χ4v) is 8.51. The SMILES string of the molecule is COc1ccc2c(c1)c(-c1cnc3c(n1)c(C(=O)O)cn3COCC[Si](C)(C)C)nn2C.COc1ccc2c(c1)c(-c1cnc3c(n1)c(C=O)cn3COCC[Si](C)(C)C)nn2C. The van der Waals surface area contributed by atoms with Crippen LogP contribution in [0.3, 0.4) is 0 Å². The van der Waals surface area contributed by atoms with Crippen LogP contribution in [0.1, 0.15) is 20.7 Å². The third-order valence-electron chi connectivity index (χ3n) is 10.6. The number of aromatic nitrogens is 10. The predicted octanol–water partition coefficient (Wildman–Crippen LogP) is 8.12. The molecule has 0 amide bonds. The van der Waals surface area contributed by atoms with Crippen molar-refractivity contribution in [3.63, 3.8) is 0 Å². The molecule has 0 atom stereocenters. The van der Waals surface area contributed by atoms with Crippen molar-refractivity contribution in [2.45, 2.75) is 64.8 Å². The van der Waals surface area contributed by atoms with Crippen molar-refractivity contribution < 1.29 is 33.6 Å². The van der Waals surface area contributed by atoms with E-state index in [-0.39, 0.29) is 12.3 Å². The number of carboxylic acid groups (broad SMARTS) is 1. The second kappa shape index (κ2) is 18.2. The van der Waals surface area contributed by atoms with Gasteiger partial charge in [0, 0.05) is 66.6 Å². The minimum Gasteiger partial charge on any atom is -0.497 e. The highest BCUT2D eigenvalue weighted by atomic mass is 28.3. The quantitative estimate of drug-likeness (QED) is 0.0557. The molecule has 8 rings (SSSR count). The second-order valence-corrected chi connectivity index (χ2v) is 29.0. The number of methoxy groups -OCH3 is 2. The first kappa shape index (κ1) is 44.8. The van der Waals surface area contributed by atoms with Crippen LogP contribution in [-0.2, 0) is 37.0 Å². The summed E-state index contributed by atoms with van der Waals surface area (Å²) in [5, 5.41) is 20.7. The Morgan fingerprint density at radius 3 is 1.60 bits per heavy atom. The maximum absolute atomic E-state index is 11.9. The van der Waals surface area contributed by atoms with Crippen LogP contribution >= 0.6 is 0 Å². The number of aryl methyl sites for hydroxylation is 2. The molecule has 17 nitrogen and oxygen atoms in total. The molecular formula is C44H54N10O7Si2. The zero-order valence-electron chi connectivity index (χ0n) is 37.5. The molecule has 19 heteroatoms. The number of hydrogen-bond acceptors (Lipinski definition) is 12. The van der Waals surface area contributed by atoms with Crippen LogP contribution in [-0.4, -0.2) is 110 Å². The van der Waals surface area contributed by atoms with Gasteiger partial charge in [0.2, 0.25) is 0 Å². The maximum Gasteiger partial charge on any atom is 0.339 e. The van der Waals surface area contributed by atoms with E-state index >= 15 is 0 Å². The normalized spacial score (nSPS) is 12.0. The summed E-state index contributed by atoms with van der Waals surface area (Å²) in [5.74, 6) is 0.384. The van der Waals surface area contributed by atoms with E-state index in [0.29, 0.717) is 76.4 Å². The van der Waals surface area contributed by atoms with E-state index in [0.717, 1.165) is 45.9 Å². The van der Waals surface area contributed by atoms with Crippen molar-refractivity contribution in [2.75, 3.05) is 27.4 Å². The molecule has 0 aliphatic rings. The summed E-state index contributed by atoms with van der Waals surface area (Å²) in [6, 6.07) is 13.6. The van der Waals surface area contributed by atoms with Crippen molar-refractivity contribution in [1.29, 1.82) is 0 Å². The molecule has 0 unspecified atom stereocenters. The summed E-state index contributed by atoms with van der Waals surface area (Å²) in [6.07, 6.45) is 7.39. The first-order valence-corrected chi connectivity index (χ1v) is 28.0. The van der Waals surface area contributed by atoms with Crippen LogP contribution in [0.2, 0.25) is 51.4 Å². The average Bonchev–Trinajstić information content (AvgIpc) is 4.00. The summed E-state index contributed by atoms with van der Waals surface area (Å²) in [7, 11) is 4.61. The topological polar surface area (TPSA) is 188 Å². The molecular weight excluding hydrogens is 837 g/mol. The Labute approximate surface area is 366 Å². The molecule has 0 aliphatic carbocycles. The van der Waals surface area contributed by atoms with Gasteiger partial charge in [-0.05, 0) is 48.5 Å². The molecule has 0 radical (unpaired) electrons. The largest absolute Gasteiger partial charge is 0.497 e. The highest BCUT2D eigenvalue weighted by molar-refractivity contribution is 6.76. The Morgan fingerprint density at radius 1 is 0.698 bits per heavy atom. The van der Waals surface area contributed by atoms with Crippen molar-refractivity contribution in [3.05, 3.63) is 72.3 Å². The van der Waals surface area contributed by atoms with Gasteiger partial charge in [-0.2, -0.15) is 10.2 Å². The van der Waals surface area contributed by atoms with Gasteiger partial charge in [0.25, 0.3) is 0 Å². The van der Waals surface area contributed by atoms with Crippen LogP contribution in [0.4, 0.5) is 0 Å². The number of fused-ring (bicyclic) bond motifs is 4. The number of carbonyl (C=O) groups excluding carboxylic acids is 1. The number of nitrogens with zero attached hydrogens (tertiary/aromatic N) is 10. The van der Waals surface area contributed by atoms with Gasteiger partial charge in [-0.15, -0.1) is 0 Å². The summed E-state index contributed by atoms with van der Waals surface area (Å²) in [6.45, 7) is 15.7. The molecule has 0 saturated heterocycles. The van der Waals surface area contributed by atoms with Crippen molar-refractivity contribution in [3.8, 4) is 34.3 Å². The van der Waals surface area contributed by atoms with Gasteiger partial charge in [-0.25, -0.2) is 24.7 Å². The zero-order valence-corrected chi connectivity index (χ0v) is 39.5. The van der Waals surface area contributed by atoms with E-state index in [4.69, 9.17) is 23.9 Å². The number of aromatic carboxylic acids is 1. The Morgan fingerprint density at radius 2 is 1.16 bits per heavy atom. The minimum absolute atomic E-state index is 0.0842. The number of carbonyl (C=O) groups is 2. The lowest BCUT2D eigenvalue weighted by Crippen LogP contribution is -2.22. The van der Waals surface area contributed by atoms with Gasteiger partial charge in [0.05, 0.1) is 43.2 Å². The fourth-order valence-electron chi connectivity index (χ4n) is 7.00. The van der Waals surface area contributed by atoms with Gasteiger partial charge < -0.3 is 33.2 Å². The van der Waals surface area contributed by atoms with Gasteiger partial charge >= 0.3 is 5.97 Å². The van der Waals surface area contributed by atoms with Crippen LogP contribution in [0.5, 0.6) is 11.5 Å². The lowest BCUT2D eigenvalue weighted by atomic mass is 10.1. The first-order chi connectivity index (χ1) is 30.0. The van der Waals surface area contributed by atoms with Crippen LogP contribution in [0, 0.1) is 0 Å². The van der Waals surface area contributed by atoms with Crippen molar-refractivity contribution >= 4 is 72.5 Å². The first-order valence-electron chi connectivity index (χ1n) is 20.6. The highest BCUT2D eigenvalue weighted by Gasteiger charge is 2.22. The van der Waals surface area contributed by atoms with Crippen LogP contribution < -0.4 is 9.47 Å². The number of benzene rings is 2. The minimum atomic E-state index is -1.21. The summed E-state index contributed by atoms with van der Waals surface area (Å²) >= 11 is 0. The van der Waals surface area contributed by atoms with E-state index in [9.17, 15) is 14.7 Å². The molecule has 0 aliphatic heterocycles. The Bertz CT molecular complexity index is 2960. The number of aldehydes is 1. The number of rotatable bonds is 16. The number of hydrogen-bond donors (Lipinski definition) is 1. The summed E-state index contributed by atoms with van der Waals surface area (Å²) in [4.78, 5) is 42.1. The molecule has 8 aromatic rings. The maximum atomic E-state index is 11.9. The molecule has 330 valence electrons. The van der Waals surface area contributed by atoms with E-state index in [2.05, 4.69) is 64.4 Å². The fraction of sp³-hybridized carbons (Fsp3) is 0.364. The molecule has 0 bridgehead atoms. The third-order valence-corrected chi connectivity index (χ3v) is 14.0. The average molecular weight is 891 g/mol. The molecule has 63 heavy (non-hydrogen) atoms. The molecule has 6 heterocycles. The van der Waals surface area contributed by atoms with Crippen molar-refractivity contribution in [1.82, 2.24) is 48.6 Å². The van der Waals surface area contributed by atoms with E-state index in [1.165, 1.54) is 6.20 Å². The molecule has 0 fully saturated rings. The highest BCUT2D eigenvalue weighted by Crippen LogP contribution is 2.32. The molecule has 0 saturated carbocycles. The molecule has 2 aromatic carbocycles. The van der Waals surface area contributed by atoms with Gasteiger partial charge in [0.15, 0.2) is 17.6 Å². The Kier molecular flexibility index (Phi) is 12.9. The Hall–Kier alpha value is -6.29. The molecule has 6 aromatic heterocycles. The third kappa shape index (κ3) is 9.86. The van der Waals surface area contributed by atoms with E-state index < -0.39 is 22.1 Å². The second-order valence-electron chi connectivity index (χ2n) is 17.8. The standard InChI is InChI=1S/C22H27N5O4Si.C22H27N5O3Si/c1-26-18-7-6-14(30-2)10-15(18)19(25-26)17-11-23-21-20(24-17)16(22(28)29)12-27(21)13-31-8-9-32(3,4)5;1-26-19-7-6-16(29-2)10-17(19)21(25-26)18-11-23-22-20(24-18)15(13-28)12-27(22)14-30-8-9-31(3,4)5/h6-7,10-12H,8-9,13H2,1-5H3,(H,28,29);6-7,10-13H,8-9,14H2,1-5H3. The zero-order chi connectivity index (χ0) is 45.2. The smallest absolute Gasteiger partial charge is 0.339 e. The van der Waals surface area contributed by atoms with E-state index in [1.807, 2.05) is 55.1 Å². The van der Waals surface area contributed by atoms with E-state index in [1.54, 1.807) is 46.7 Å².